The van der Waals surface area contributed by atoms with Gasteiger partial charge in [-0.3, -0.25) is 4.79 Å². The number of hydrogen-bond acceptors (Lipinski definition) is 5. The number of carbonyl (C=O) groups is 1. The zero-order valence-corrected chi connectivity index (χ0v) is 13.8. The first kappa shape index (κ1) is 17.5. The highest BCUT2D eigenvalue weighted by Crippen LogP contribution is 2.21. The standard InChI is InChI=1S/C18H20N2O4/c1-12(21)14-11-15(18(23)24-16(14)9-10-20(2)3)19-17(22)13-7-5-4-6-8-13/h4-12,21H,1-3H3,(H,19,22)/b10-9+/t12-/m1/s1. The van der Waals surface area contributed by atoms with Crippen LogP contribution in [0.15, 0.2) is 51.8 Å². The number of amides is 1. The molecule has 0 radical (unpaired) electrons. The monoisotopic (exact) mass is 328 g/mol. The molecule has 0 aliphatic carbocycles. The second-order valence-electron chi connectivity index (χ2n) is 5.54. The fourth-order valence-electron chi connectivity index (χ4n) is 2.04. The van der Waals surface area contributed by atoms with Gasteiger partial charge in [0.05, 0.1) is 6.10 Å². The largest absolute Gasteiger partial charge is 0.421 e. The Kier molecular flexibility index (Phi) is 5.55. The quantitative estimate of drug-likeness (QED) is 0.881. The van der Waals surface area contributed by atoms with E-state index in [-0.39, 0.29) is 11.4 Å². The predicted molar refractivity (Wildman–Crippen MR) is 92.7 cm³/mol. The van der Waals surface area contributed by atoms with Gasteiger partial charge in [0.1, 0.15) is 11.4 Å². The third-order valence-electron chi connectivity index (χ3n) is 3.27. The van der Waals surface area contributed by atoms with Crippen LogP contribution in [-0.4, -0.2) is 30.0 Å². The summed E-state index contributed by atoms with van der Waals surface area (Å²) in [7, 11) is 3.65. The zero-order chi connectivity index (χ0) is 17.7. The minimum absolute atomic E-state index is 0.0123. The fraction of sp³-hybridized carbons (Fsp3) is 0.222. The predicted octanol–water partition coefficient (Wildman–Crippen LogP) is 2.48. The van der Waals surface area contributed by atoms with Crippen LogP contribution in [-0.2, 0) is 0 Å². The number of rotatable bonds is 5. The van der Waals surface area contributed by atoms with Gasteiger partial charge in [-0.1, -0.05) is 18.2 Å². The number of anilines is 1. The van der Waals surface area contributed by atoms with Crippen molar-refractivity contribution in [2.24, 2.45) is 0 Å². The molecule has 126 valence electrons. The van der Waals surface area contributed by atoms with Gasteiger partial charge in [0.2, 0.25) is 0 Å². The number of hydrogen-bond donors (Lipinski definition) is 2. The molecule has 0 aliphatic rings. The highest BCUT2D eigenvalue weighted by molar-refractivity contribution is 6.04. The lowest BCUT2D eigenvalue weighted by Crippen LogP contribution is -2.19. The van der Waals surface area contributed by atoms with Crippen LogP contribution in [0.25, 0.3) is 6.08 Å². The molecule has 0 unspecified atom stereocenters. The van der Waals surface area contributed by atoms with Crippen LogP contribution in [0.2, 0.25) is 0 Å². The molecule has 0 aliphatic heterocycles. The Morgan fingerprint density at radius 2 is 1.96 bits per heavy atom. The molecule has 1 heterocycles. The molecular weight excluding hydrogens is 308 g/mol. The van der Waals surface area contributed by atoms with E-state index < -0.39 is 17.6 Å². The molecule has 1 aromatic carbocycles. The molecule has 2 N–H and O–H groups in total. The molecule has 0 spiro atoms. The summed E-state index contributed by atoms with van der Waals surface area (Å²) < 4.78 is 5.24. The van der Waals surface area contributed by atoms with Gasteiger partial charge >= 0.3 is 5.63 Å². The summed E-state index contributed by atoms with van der Waals surface area (Å²) in [5, 5.41) is 12.4. The molecule has 1 atom stereocenters. The molecule has 1 amide bonds. The molecule has 0 fully saturated rings. The Hall–Kier alpha value is -2.86. The van der Waals surface area contributed by atoms with Gasteiger partial charge in [-0.2, -0.15) is 0 Å². The van der Waals surface area contributed by atoms with Crippen LogP contribution < -0.4 is 10.9 Å². The Bertz CT molecular complexity index is 792. The molecule has 0 saturated heterocycles. The Balaban J connectivity index is 2.36. The van der Waals surface area contributed by atoms with Crippen LogP contribution in [0.3, 0.4) is 0 Å². The smallest absolute Gasteiger partial charge is 0.360 e. The topological polar surface area (TPSA) is 82.8 Å². The maximum absolute atomic E-state index is 12.2. The van der Waals surface area contributed by atoms with E-state index in [1.54, 1.807) is 54.4 Å². The number of benzene rings is 1. The molecule has 6 heteroatoms. The molecule has 2 aromatic rings. The van der Waals surface area contributed by atoms with Crippen LogP contribution in [0.5, 0.6) is 0 Å². The molecular formula is C18H20N2O4. The average Bonchev–Trinajstić information content (AvgIpc) is 2.55. The number of carbonyl (C=O) groups excluding carboxylic acids is 1. The van der Waals surface area contributed by atoms with E-state index in [0.717, 1.165) is 0 Å². The van der Waals surface area contributed by atoms with Crippen LogP contribution >= 0.6 is 0 Å². The molecule has 1 aromatic heterocycles. The van der Waals surface area contributed by atoms with Crippen molar-refractivity contribution in [1.29, 1.82) is 0 Å². The van der Waals surface area contributed by atoms with Gasteiger partial charge in [0.15, 0.2) is 0 Å². The Labute approximate surface area is 140 Å². The van der Waals surface area contributed by atoms with Crippen molar-refractivity contribution in [3.63, 3.8) is 0 Å². The van der Waals surface area contributed by atoms with E-state index in [0.29, 0.717) is 11.1 Å². The van der Waals surface area contributed by atoms with Crippen molar-refractivity contribution in [2.45, 2.75) is 13.0 Å². The first-order valence-corrected chi connectivity index (χ1v) is 7.45. The van der Waals surface area contributed by atoms with E-state index in [9.17, 15) is 14.7 Å². The third-order valence-corrected chi connectivity index (χ3v) is 3.27. The van der Waals surface area contributed by atoms with Crippen molar-refractivity contribution in [3.8, 4) is 0 Å². The Morgan fingerprint density at radius 3 is 2.54 bits per heavy atom. The minimum Gasteiger partial charge on any atom is -0.421 e. The molecule has 0 saturated carbocycles. The van der Waals surface area contributed by atoms with Crippen molar-refractivity contribution in [2.75, 3.05) is 19.4 Å². The lowest BCUT2D eigenvalue weighted by atomic mass is 10.1. The van der Waals surface area contributed by atoms with Gasteiger partial charge in [-0.05, 0) is 31.2 Å². The van der Waals surface area contributed by atoms with Gasteiger partial charge < -0.3 is 19.7 Å². The fourth-order valence-corrected chi connectivity index (χ4v) is 2.04. The van der Waals surface area contributed by atoms with E-state index in [1.165, 1.54) is 6.07 Å². The summed E-state index contributed by atoms with van der Waals surface area (Å²) in [5.74, 6) is -0.169. The number of aliphatic hydroxyl groups excluding tert-OH is 1. The number of aliphatic hydroxyl groups is 1. The van der Waals surface area contributed by atoms with Crippen molar-refractivity contribution >= 4 is 17.7 Å². The van der Waals surface area contributed by atoms with Gasteiger partial charge in [-0.25, -0.2) is 4.79 Å². The second-order valence-corrected chi connectivity index (χ2v) is 5.54. The van der Waals surface area contributed by atoms with Crippen LogP contribution in [0, 0.1) is 0 Å². The normalized spacial score (nSPS) is 12.2. The minimum atomic E-state index is -0.858. The second kappa shape index (κ2) is 7.61. The highest BCUT2D eigenvalue weighted by Gasteiger charge is 2.15. The number of nitrogens with one attached hydrogen (secondary N) is 1. The summed E-state index contributed by atoms with van der Waals surface area (Å²) >= 11 is 0. The molecule has 6 nitrogen and oxygen atoms in total. The van der Waals surface area contributed by atoms with Gasteiger partial charge in [0, 0.05) is 31.4 Å². The van der Waals surface area contributed by atoms with E-state index >= 15 is 0 Å². The lowest BCUT2D eigenvalue weighted by Gasteiger charge is -2.11. The Morgan fingerprint density at radius 1 is 1.29 bits per heavy atom. The SMILES string of the molecule is C[C@@H](O)c1cc(NC(=O)c2ccccc2)c(=O)oc1/C=C/N(C)C. The van der Waals surface area contributed by atoms with Gasteiger partial charge in [0.25, 0.3) is 5.91 Å². The van der Waals surface area contributed by atoms with Crippen molar-refractivity contribution < 1.29 is 14.3 Å². The maximum atomic E-state index is 12.2. The summed E-state index contributed by atoms with van der Waals surface area (Å²) in [6.45, 7) is 1.56. The molecule has 24 heavy (non-hydrogen) atoms. The zero-order valence-electron chi connectivity index (χ0n) is 13.8. The van der Waals surface area contributed by atoms with Crippen molar-refractivity contribution in [1.82, 2.24) is 4.90 Å². The summed E-state index contributed by atoms with van der Waals surface area (Å²) in [5.41, 5.74) is 0.145. The van der Waals surface area contributed by atoms with Crippen LogP contribution in [0.4, 0.5) is 5.69 Å². The van der Waals surface area contributed by atoms with E-state index in [4.69, 9.17) is 4.42 Å². The van der Waals surface area contributed by atoms with E-state index in [1.807, 2.05) is 14.1 Å². The first-order chi connectivity index (χ1) is 11.4. The molecule has 0 bridgehead atoms. The van der Waals surface area contributed by atoms with Crippen LogP contribution in [0.1, 0.15) is 34.7 Å². The van der Waals surface area contributed by atoms with E-state index in [2.05, 4.69) is 5.32 Å². The molecule has 2 rings (SSSR count). The van der Waals surface area contributed by atoms with Gasteiger partial charge in [-0.15, -0.1) is 0 Å². The lowest BCUT2D eigenvalue weighted by molar-refractivity contribution is 0.102. The first-order valence-electron chi connectivity index (χ1n) is 7.45. The van der Waals surface area contributed by atoms with Crippen molar-refractivity contribution in [3.05, 3.63) is 69.9 Å². The summed E-state index contributed by atoms with van der Waals surface area (Å²) in [6, 6.07) is 9.97. The average molecular weight is 328 g/mol. The maximum Gasteiger partial charge on any atom is 0.360 e. The third kappa shape index (κ3) is 4.33. The highest BCUT2D eigenvalue weighted by atomic mass is 16.4. The number of nitrogens with zero attached hydrogens (tertiary/aromatic N) is 1. The summed E-state index contributed by atoms with van der Waals surface area (Å²) in [6.07, 6.45) is 2.43. The summed E-state index contributed by atoms with van der Waals surface area (Å²) in [4.78, 5) is 26.1.